The Labute approximate surface area is 241 Å². The zero-order valence-electron chi connectivity index (χ0n) is 22.4. The molecule has 0 spiro atoms. The summed E-state index contributed by atoms with van der Waals surface area (Å²) in [6, 6.07) is 18.7. The first-order chi connectivity index (χ1) is 18.6. The first-order valence-electron chi connectivity index (χ1n) is 13.7. The molecule has 4 nitrogen and oxygen atoms in total. The van der Waals surface area contributed by atoms with Crippen LogP contribution in [0.4, 0.5) is 0 Å². The van der Waals surface area contributed by atoms with Crippen LogP contribution in [0.1, 0.15) is 70.8 Å². The van der Waals surface area contributed by atoms with Gasteiger partial charge in [-0.1, -0.05) is 107 Å². The summed E-state index contributed by atoms with van der Waals surface area (Å²) < 4.78 is 2.54. The van der Waals surface area contributed by atoms with E-state index in [1.54, 1.807) is 4.90 Å². The van der Waals surface area contributed by atoms with Gasteiger partial charge in [0, 0.05) is 28.8 Å². The number of benzene rings is 2. The second-order valence-electron chi connectivity index (χ2n) is 9.54. The van der Waals surface area contributed by atoms with Gasteiger partial charge in [0.25, 0.3) is 5.91 Å². The van der Waals surface area contributed by atoms with Gasteiger partial charge in [-0.15, -0.1) is 11.8 Å². The number of aromatic nitrogens is 2. The molecule has 0 bridgehead atoms. The Kier molecular flexibility index (Phi) is 11.1. The van der Waals surface area contributed by atoms with Crippen molar-refractivity contribution in [1.82, 2.24) is 14.7 Å². The van der Waals surface area contributed by atoms with Gasteiger partial charge < -0.3 is 0 Å². The van der Waals surface area contributed by atoms with E-state index in [0.29, 0.717) is 15.8 Å². The lowest BCUT2D eigenvalue weighted by Gasteiger charge is -2.13. The number of thioether (sulfide) groups is 2. The highest BCUT2D eigenvalue weighted by Gasteiger charge is 2.32. The van der Waals surface area contributed by atoms with E-state index in [1.165, 1.54) is 55.2 Å². The van der Waals surface area contributed by atoms with E-state index in [9.17, 15) is 4.79 Å². The average molecular weight is 564 g/mol. The molecule has 3 aromatic rings. The summed E-state index contributed by atoms with van der Waals surface area (Å²) in [5.74, 6) is 1.14. The molecule has 1 aromatic heterocycles. The Morgan fingerprint density at radius 2 is 1.63 bits per heavy atom. The van der Waals surface area contributed by atoms with E-state index in [-0.39, 0.29) is 5.91 Å². The van der Waals surface area contributed by atoms with E-state index in [1.807, 2.05) is 59.0 Å². The number of carbonyl (C=O) groups excluding carboxylic acids is 1. The van der Waals surface area contributed by atoms with Gasteiger partial charge in [0.15, 0.2) is 0 Å². The van der Waals surface area contributed by atoms with Gasteiger partial charge in [-0.05, 0) is 48.9 Å². The predicted octanol–water partition coefficient (Wildman–Crippen LogP) is 8.99. The third-order valence-electron chi connectivity index (χ3n) is 6.55. The van der Waals surface area contributed by atoms with E-state index in [4.69, 9.17) is 17.3 Å². The summed E-state index contributed by atoms with van der Waals surface area (Å²) in [6.07, 6.45) is 13.5. The number of amides is 1. The van der Waals surface area contributed by atoms with Crippen LogP contribution in [0.5, 0.6) is 0 Å². The molecule has 1 aliphatic heterocycles. The fraction of sp³-hybridized carbons (Fsp3) is 0.387. The standard InChI is InChI=1S/C31H37N3OS3/c1-3-5-7-8-9-13-20-33-30(35)28(38-31(33)36)22-25-23-34(26-14-11-10-12-15-26)32-29(25)24-16-18-27(19-17-24)37-21-6-4-2/h10-12,14-19,22-23H,3-9,13,20-21H2,1-2H3. The molecule has 1 fully saturated rings. The highest BCUT2D eigenvalue weighted by Crippen LogP contribution is 2.35. The predicted molar refractivity (Wildman–Crippen MR) is 168 cm³/mol. The first-order valence-corrected chi connectivity index (χ1v) is 16.0. The zero-order valence-corrected chi connectivity index (χ0v) is 24.8. The number of unbranched alkanes of at least 4 members (excludes halogenated alkanes) is 6. The van der Waals surface area contributed by atoms with Crippen molar-refractivity contribution in [3.05, 3.63) is 71.3 Å². The maximum atomic E-state index is 13.3. The smallest absolute Gasteiger partial charge is 0.266 e. The molecule has 0 atom stereocenters. The summed E-state index contributed by atoms with van der Waals surface area (Å²) in [6.45, 7) is 5.14. The van der Waals surface area contributed by atoms with Crippen molar-refractivity contribution in [2.45, 2.75) is 70.1 Å². The van der Waals surface area contributed by atoms with E-state index < -0.39 is 0 Å². The maximum absolute atomic E-state index is 13.3. The quantitative estimate of drug-likeness (QED) is 0.0847. The van der Waals surface area contributed by atoms with Crippen LogP contribution in [0.2, 0.25) is 0 Å². The lowest BCUT2D eigenvalue weighted by Crippen LogP contribution is -2.29. The molecule has 0 saturated carbocycles. The second-order valence-corrected chi connectivity index (χ2v) is 12.4. The van der Waals surface area contributed by atoms with Crippen molar-refractivity contribution < 1.29 is 4.79 Å². The molecule has 7 heteroatoms. The van der Waals surface area contributed by atoms with Crippen molar-refractivity contribution in [2.24, 2.45) is 0 Å². The zero-order chi connectivity index (χ0) is 26.7. The van der Waals surface area contributed by atoms with Crippen molar-refractivity contribution in [2.75, 3.05) is 12.3 Å². The van der Waals surface area contributed by atoms with Gasteiger partial charge >= 0.3 is 0 Å². The summed E-state index contributed by atoms with van der Waals surface area (Å²) in [4.78, 5) is 17.0. The third kappa shape index (κ3) is 7.61. The van der Waals surface area contributed by atoms with Crippen molar-refractivity contribution in [1.29, 1.82) is 0 Å². The van der Waals surface area contributed by atoms with Crippen LogP contribution >= 0.6 is 35.7 Å². The van der Waals surface area contributed by atoms with Gasteiger partial charge in [0.1, 0.15) is 4.32 Å². The van der Waals surface area contributed by atoms with E-state index >= 15 is 0 Å². The number of para-hydroxylation sites is 1. The van der Waals surface area contributed by atoms with Crippen molar-refractivity contribution in [3.8, 4) is 16.9 Å². The average Bonchev–Trinajstić information content (AvgIpc) is 3.48. The van der Waals surface area contributed by atoms with Crippen LogP contribution in [0.25, 0.3) is 23.0 Å². The lowest BCUT2D eigenvalue weighted by molar-refractivity contribution is -0.122. The Hall–Kier alpha value is -2.35. The van der Waals surface area contributed by atoms with Gasteiger partial charge in [-0.25, -0.2) is 4.68 Å². The molecule has 1 aliphatic rings. The van der Waals surface area contributed by atoms with Crippen LogP contribution in [0.3, 0.4) is 0 Å². The van der Waals surface area contributed by atoms with E-state index in [0.717, 1.165) is 41.1 Å². The minimum absolute atomic E-state index is 0.00893. The van der Waals surface area contributed by atoms with Crippen LogP contribution < -0.4 is 0 Å². The number of nitrogens with zero attached hydrogens (tertiary/aromatic N) is 3. The minimum atomic E-state index is 0.00893. The summed E-state index contributed by atoms with van der Waals surface area (Å²) >= 11 is 8.89. The molecular formula is C31H37N3OS3. The second kappa shape index (κ2) is 14.7. The molecule has 4 rings (SSSR count). The van der Waals surface area contributed by atoms with Gasteiger partial charge in [-0.2, -0.15) is 5.10 Å². The molecule has 0 radical (unpaired) electrons. The highest BCUT2D eigenvalue weighted by molar-refractivity contribution is 8.26. The molecule has 38 heavy (non-hydrogen) atoms. The van der Waals surface area contributed by atoms with Gasteiger partial charge in [0.05, 0.1) is 16.3 Å². The van der Waals surface area contributed by atoms with Crippen LogP contribution in [0.15, 0.2) is 70.6 Å². The molecule has 0 unspecified atom stereocenters. The summed E-state index contributed by atoms with van der Waals surface area (Å²) in [7, 11) is 0. The molecule has 0 N–H and O–H groups in total. The first kappa shape index (κ1) is 28.7. The molecule has 2 heterocycles. The fourth-order valence-electron chi connectivity index (χ4n) is 4.36. The Bertz CT molecular complexity index is 1240. The molecule has 200 valence electrons. The molecule has 1 amide bonds. The van der Waals surface area contributed by atoms with Gasteiger partial charge in [0.2, 0.25) is 0 Å². The fourth-order valence-corrected chi connectivity index (χ4v) is 6.65. The van der Waals surface area contributed by atoms with Crippen molar-refractivity contribution >= 4 is 52.0 Å². The van der Waals surface area contributed by atoms with Crippen LogP contribution in [0, 0.1) is 0 Å². The van der Waals surface area contributed by atoms with Crippen LogP contribution in [-0.2, 0) is 4.79 Å². The number of hydrogen-bond donors (Lipinski definition) is 0. The summed E-state index contributed by atoms with van der Waals surface area (Å²) in [5.41, 5.74) is 3.80. The molecule has 1 saturated heterocycles. The normalized spacial score (nSPS) is 14.7. The highest BCUT2D eigenvalue weighted by atomic mass is 32.2. The number of hydrogen-bond acceptors (Lipinski definition) is 5. The van der Waals surface area contributed by atoms with Gasteiger partial charge in [-0.3, -0.25) is 9.69 Å². The largest absolute Gasteiger partial charge is 0.293 e. The number of thiocarbonyl (C=S) groups is 1. The number of rotatable bonds is 14. The number of carbonyl (C=O) groups is 1. The Morgan fingerprint density at radius 3 is 2.37 bits per heavy atom. The molecule has 0 aliphatic carbocycles. The SMILES string of the molecule is CCCCCCCCN1C(=O)C(=Cc2cn(-c3ccccc3)nc2-c2ccc(SCCCC)cc2)SC1=S. The maximum Gasteiger partial charge on any atom is 0.266 e. The third-order valence-corrected chi connectivity index (χ3v) is 9.03. The summed E-state index contributed by atoms with van der Waals surface area (Å²) in [5, 5.41) is 4.94. The van der Waals surface area contributed by atoms with Crippen molar-refractivity contribution in [3.63, 3.8) is 0 Å². The Balaban J connectivity index is 1.55. The lowest BCUT2D eigenvalue weighted by atomic mass is 10.1. The molecule has 2 aromatic carbocycles. The Morgan fingerprint density at radius 1 is 0.921 bits per heavy atom. The van der Waals surface area contributed by atoms with Crippen LogP contribution in [-0.4, -0.2) is 37.2 Å². The topological polar surface area (TPSA) is 38.1 Å². The monoisotopic (exact) mass is 563 g/mol. The molecular weight excluding hydrogens is 527 g/mol. The minimum Gasteiger partial charge on any atom is -0.293 e. The van der Waals surface area contributed by atoms with E-state index in [2.05, 4.69) is 38.1 Å².